The molecule has 0 radical (unpaired) electrons. The summed E-state index contributed by atoms with van der Waals surface area (Å²) >= 11 is 6.26. The molecule has 0 aliphatic carbocycles. The Labute approximate surface area is 203 Å². The Balaban J connectivity index is 1.56. The van der Waals surface area contributed by atoms with Crippen LogP contribution in [0.25, 0.3) is 0 Å². The standard InChI is InChI=1S/C24H27ClN6O3/c1-34-21-8-7-16(11-20(21)25)12-27-22-19(23(33)28-13-17-5-2-3-9-26-17)14-29-24(30-22)31-10-4-6-18(31)15-32/h2-3,5,7-9,11,14,18,32H,4,6,10,12-13,15H2,1H3,(H,28,33)(H,27,29,30). The topological polar surface area (TPSA) is 113 Å². The molecule has 1 saturated heterocycles. The number of nitrogens with one attached hydrogen (secondary N) is 2. The maximum Gasteiger partial charge on any atom is 0.256 e. The molecule has 3 N–H and O–H groups in total. The van der Waals surface area contributed by atoms with Gasteiger partial charge in [0.2, 0.25) is 5.95 Å². The summed E-state index contributed by atoms with van der Waals surface area (Å²) in [7, 11) is 1.56. The molecule has 0 bridgehead atoms. The minimum Gasteiger partial charge on any atom is -0.495 e. The monoisotopic (exact) mass is 482 g/mol. The number of benzene rings is 1. The van der Waals surface area contributed by atoms with Crippen LogP contribution in [0.2, 0.25) is 5.02 Å². The molecule has 3 heterocycles. The van der Waals surface area contributed by atoms with Gasteiger partial charge in [-0.05, 0) is 42.7 Å². The predicted octanol–water partition coefficient (Wildman–Crippen LogP) is 3.04. The summed E-state index contributed by atoms with van der Waals surface area (Å²) in [6, 6.07) is 11.0. The molecule has 1 fully saturated rings. The summed E-state index contributed by atoms with van der Waals surface area (Å²) in [6.07, 6.45) is 5.03. The molecule has 2 aromatic heterocycles. The van der Waals surface area contributed by atoms with Crippen LogP contribution in [0, 0.1) is 0 Å². The lowest BCUT2D eigenvalue weighted by Crippen LogP contribution is -2.34. The zero-order valence-corrected chi connectivity index (χ0v) is 19.6. The molecule has 34 heavy (non-hydrogen) atoms. The third-order valence-corrected chi connectivity index (χ3v) is 5.99. The van der Waals surface area contributed by atoms with Gasteiger partial charge in [-0.15, -0.1) is 0 Å². The molecule has 4 rings (SSSR count). The molecular weight excluding hydrogens is 456 g/mol. The Bertz CT molecular complexity index is 1130. The lowest BCUT2D eigenvalue weighted by atomic mass is 10.2. The highest BCUT2D eigenvalue weighted by Crippen LogP contribution is 2.27. The van der Waals surface area contributed by atoms with Crippen molar-refractivity contribution in [2.75, 3.05) is 30.5 Å². The molecular formula is C24H27ClN6O3. The first kappa shape index (κ1) is 23.7. The van der Waals surface area contributed by atoms with Gasteiger partial charge in [0.15, 0.2) is 0 Å². The number of carbonyl (C=O) groups excluding carboxylic acids is 1. The minimum atomic E-state index is -0.312. The second kappa shape index (κ2) is 11.1. The molecule has 1 aliphatic heterocycles. The van der Waals surface area contributed by atoms with Crippen LogP contribution in [0.3, 0.4) is 0 Å². The van der Waals surface area contributed by atoms with Gasteiger partial charge in [0, 0.05) is 25.5 Å². The highest BCUT2D eigenvalue weighted by atomic mass is 35.5. The van der Waals surface area contributed by atoms with E-state index in [1.807, 2.05) is 29.2 Å². The predicted molar refractivity (Wildman–Crippen MR) is 130 cm³/mol. The number of aliphatic hydroxyl groups excluding tert-OH is 1. The van der Waals surface area contributed by atoms with Crippen molar-refractivity contribution < 1.29 is 14.6 Å². The fourth-order valence-corrected chi connectivity index (χ4v) is 4.16. The molecule has 1 aromatic carbocycles. The van der Waals surface area contributed by atoms with Gasteiger partial charge in [-0.3, -0.25) is 9.78 Å². The summed E-state index contributed by atoms with van der Waals surface area (Å²) in [4.78, 5) is 28.3. The largest absolute Gasteiger partial charge is 0.495 e. The smallest absolute Gasteiger partial charge is 0.256 e. The SMILES string of the molecule is COc1ccc(CNc2nc(N3CCCC3CO)ncc2C(=O)NCc2ccccn2)cc1Cl. The molecule has 0 spiro atoms. The van der Waals surface area contributed by atoms with Crippen LogP contribution < -0.4 is 20.3 Å². The van der Waals surface area contributed by atoms with Crippen LogP contribution >= 0.6 is 11.6 Å². The van der Waals surface area contributed by atoms with Crippen LogP contribution in [-0.2, 0) is 13.1 Å². The van der Waals surface area contributed by atoms with Crippen molar-refractivity contribution in [2.24, 2.45) is 0 Å². The Morgan fingerprint density at radius 3 is 2.88 bits per heavy atom. The fourth-order valence-electron chi connectivity index (χ4n) is 3.88. The van der Waals surface area contributed by atoms with Gasteiger partial charge in [0.25, 0.3) is 5.91 Å². The van der Waals surface area contributed by atoms with Gasteiger partial charge in [-0.25, -0.2) is 4.98 Å². The first-order valence-electron chi connectivity index (χ1n) is 11.1. The van der Waals surface area contributed by atoms with E-state index < -0.39 is 0 Å². The quantitative estimate of drug-likeness (QED) is 0.426. The number of pyridine rings is 1. The second-order valence-corrected chi connectivity index (χ2v) is 8.34. The van der Waals surface area contributed by atoms with E-state index in [1.54, 1.807) is 25.4 Å². The summed E-state index contributed by atoms with van der Waals surface area (Å²) in [5.41, 5.74) is 1.97. The van der Waals surface area contributed by atoms with Crippen molar-refractivity contribution in [2.45, 2.75) is 32.0 Å². The average Bonchev–Trinajstić information content (AvgIpc) is 3.35. The van der Waals surface area contributed by atoms with E-state index in [2.05, 4.69) is 25.6 Å². The van der Waals surface area contributed by atoms with E-state index in [-0.39, 0.29) is 25.1 Å². The number of hydrogen-bond acceptors (Lipinski definition) is 8. The van der Waals surface area contributed by atoms with E-state index >= 15 is 0 Å². The second-order valence-electron chi connectivity index (χ2n) is 7.93. The Morgan fingerprint density at radius 2 is 2.15 bits per heavy atom. The number of methoxy groups -OCH3 is 1. The number of aliphatic hydroxyl groups is 1. The van der Waals surface area contributed by atoms with E-state index in [4.69, 9.17) is 16.3 Å². The zero-order chi connectivity index (χ0) is 23.9. The van der Waals surface area contributed by atoms with Crippen LogP contribution in [0.15, 0.2) is 48.8 Å². The summed E-state index contributed by atoms with van der Waals surface area (Å²) in [6.45, 7) is 1.46. The highest BCUT2D eigenvalue weighted by Gasteiger charge is 2.27. The van der Waals surface area contributed by atoms with Gasteiger partial charge in [0.05, 0.1) is 37.0 Å². The lowest BCUT2D eigenvalue weighted by Gasteiger charge is -2.24. The van der Waals surface area contributed by atoms with Crippen molar-refractivity contribution in [1.82, 2.24) is 20.3 Å². The molecule has 1 aliphatic rings. The molecule has 1 unspecified atom stereocenters. The summed E-state index contributed by atoms with van der Waals surface area (Å²) < 4.78 is 5.21. The zero-order valence-electron chi connectivity index (χ0n) is 18.9. The van der Waals surface area contributed by atoms with Gasteiger partial charge in [-0.1, -0.05) is 23.7 Å². The highest BCUT2D eigenvalue weighted by molar-refractivity contribution is 6.32. The van der Waals surface area contributed by atoms with E-state index in [0.717, 1.165) is 30.6 Å². The molecule has 1 amide bonds. The number of hydrogen-bond donors (Lipinski definition) is 3. The first-order chi connectivity index (χ1) is 16.6. The number of amides is 1. The minimum absolute atomic E-state index is 0.0305. The van der Waals surface area contributed by atoms with Crippen LogP contribution in [0.1, 0.15) is 34.5 Å². The van der Waals surface area contributed by atoms with Crippen molar-refractivity contribution in [3.8, 4) is 5.75 Å². The van der Waals surface area contributed by atoms with Crippen molar-refractivity contribution in [1.29, 1.82) is 0 Å². The Hall–Kier alpha value is -3.43. The fraction of sp³-hybridized carbons (Fsp3) is 0.333. The average molecular weight is 483 g/mol. The normalized spacial score (nSPS) is 15.3. The Kier molecular flexibility index (Phi) is 7.76. The third-order valence-electron chi connectivity index (χ3n) is 5.70. The summed E-state index contributed by atoms with van der Waals surface area (Å²) in [5, 5.41) is 16.3. The number of rotatable bonds is 9. The molecule has 10 heteroatoms. The van der Waals surface area contributed by atoms with Crippen LogP contribution in [-0.4, -0.2) is 52.3 Å². The Morgan fingerprint density at radius 1 is 1.26 bits per heavy atom. The van der Waals surface area contributed by atoms with Crippen molar-refractivity contribution >= 4 is 29.3 Å². The van der Waals surface area contributed by atoms with Crippen LogP contribution in [0.4, 0.5) is 11.8 Å². The number of carbonyl (C=O) groups is 1. The van der Waals surface area contributed by atoms with Crippen molar-refractivity contribution in [3.63, 3.8) is 0 Å². The molecule has 0 saturated carbocycles. The molecule has 1 atom stereocenters. The molecule has 9 nitrogen and oxygen atoms in total. The van der Waals surface area contributed by atoms with Gasteiger partial charge >= 0.3 is 0 Å². The molecule has 178 valence electrons. The number of aromatic nitrogens is 3. The molecule has 3 aromatic rings. The first-order valence-corrected chi connectivity index (χ1v) is 11.5. The number of ether oxygens (including phenoxy) is 1. The van der Waals surface area contributed by atoms with Crippen molar-refractivity contribution in [3.05, 3.63) is 70.6 Å². The van der Waals surface area contributed by atoms with Crippen LogP contribution in [0.5, 0.6) is 5.75 Å². The van der Waals surface area contributed by atoms with E-state index in [1.165, 1.54) is 6.20 Å². The third kappa shape index (κ3) is 5.55. The number of halogens is 1. The van der Waals surface area contributed by atoms with Gasteiger partial charge in [-0.2, -0.15) is 4.98 Å². The summed E-state index contributed by atoms with van der Waals surface area (Å²) in [5.74, 6) is 1.16. The van der Waals surface area contributed by atoms with Gasteiger partial charge < -0.3 is 25.4 Å². The number of nitrogens with zero attached hydrogens (tertiary/aromatic N) is 4. The van der Waals surface area contributed by atoms with Gasteiger partial charge in [0.1, 0.15) is 17.1 Å². The van der Waals surface area contributed by atoms with E-state index in [0.29, 0.717) is 34.6 Å². The number of anilines is 2. The maximum atomic E-state index is 13.0. The maximum absolute atomic E-state index is 13.0. The lowest BCUT2D eigenvalue weighted by molar-refractivity contribution is 0.0950. The van der Waals surface area contributed by atoms with E-state index in [9.17, 15) is 9.90 Å².